The molecule has 0 atom stereocenters. The molecule has 0 bridgehead atoms. The SMILES string of the molecule is COc1ccc2c(c1)C(C)(C)C(/C=C/C=C1\N(C)c3ccc(OC)cc3C1(C)C)=C2C. The van der Waals surface area contributed by atoms with Crippen molar-refractivity contribution in [2.24, 2.45) is 0 Å². The van der Waals surface area contributed by atoms with E-state index in [1.807, 2.05) is 6.07 Å². The number of methoxy groups -OCH3 is 2. The first-order valence-electron chi connectivity index (χ1n) is 10.8. The first kappa shape index (κ1) is 21.3. The summed E-state index contributed by atoms with van der Waals surface area (Å²) in [6.07, 6.45) is 6.75. The van der Waals surface area contributed by atoms with Crippen LogP contribution in [0.4, 0.5) is 5.69 Å². The van der Waals surface area contributed by atoms with E-state index in [1.165, 1.54) is 39.2 Å². The summed E-state index contributed by atoms with van der Waals surface area (Å²) in [5.41, 5.74) is 9.00. The van der Waals surface area contributed by atoms with Crippen LogP contribution in [0.15, 0.2) is 65.9 Å². The van der Waals surface area contributed by atoms with E-state index in [-0.39, 0.29) is 10.8 Å². The highest BCUT2D eigenvalue weighted by Gasteiger charge is 2.39. The van der Waals surface area contributed by atoms with E-state index >= 15 is 0 Å². The summed E-state index contributed by atoms with van der Waals surface area (Å²) in [5, 5.41) is 0. The van der Waals surface area contributed by atoms with E-state index in [1.54, 1.807) is 14.2 Å². The summed E-state index contributed by atoms with van der Waals surface area (Å²) in [6.45, 7) is 11.4. The van der Waals surface area contributed by atoms with Crippen LogP contribution in [0.5, 0.6) is 11.5 Å². The van der Waals surface area contributed by atoms with Crippen LogP contribution in [-0.4, -0.2) is 21.3 Å². The molecule has 162 valence electrons. The molecule has 0 saturated carbocycles. The van der Waals surface area contributed by atoms with Gasteiger partial charge >= 0.3 is 0 Å². The van der Waals surface area contributed by atoms with Crippen molar-refractivity contribution in [1.82, 2.24) is 0 Å². The molecule has 0 saturated heterocycles. The zero-order chi connectivity index (χ0) is 22.6. The minimum Gasteiger partial charge on any atom is -0.497 e. The third-order valence-corrected chi connectivity index (χ3v) is 7.14. The quantitative estimate of drug-likeness (QED) is 0.559. The Hall–Kier alpha value is -2.94. The summed E-state index contributed by atoms with van der Waals surface area (Å²) in [5.74, 6) is 1.81. The Balaban J connectivity index is 1.69. The van der Waals surface area contributed by atoms with Gasteiger partial charge in [0.1, 0.15) is 11.5 Å². The van der Waals surface area contributed by atoms with Crippen molar-refractivity contribution < 1.29 is 9.47 Å². The van der Waals surface area contributed by atoms with Crippen molar-refractivity contribution in [3.63, 3.8) is 0 Å². The van der Waals surface area contributed by atoms with Crippen LogP contribution in [0.3, 0.4) is 0 Å². The average molecular weight is 416 g/mol. The van der Waals surface area contributed by atoms with Crippen LogP contribution in [0, 0.1) is 0 Å². The Bertz CT molecular complexity index is 1130. The molecule has 3 nitrogen and oxygen atoms in total. The van der Waals surface area contributed by atoms with Gasteiger partial charge in [0, 0.05) is 29.3 Å². The van der Waals surface area contributed by atoms with Crippen molar-refractivity contribution in [2.45, 2.75) is 45.4 Å². The summed E-state index contributed by atoms with van der Waals surface area (Å²) >= 11 is 0. The highest BCUT2D eigenvalue weighted by atomic mass is 16.5. The summed E-state index contributed by atoms with van der Waals surface area (Å²) in [7, 11) is 5.59. The number of nitrogens with zero attached hydrogens (tertiary/aromatic N) is 1. The molecule has 1 aliphatic carbocycles. The summed E-state index contributed by atoms with van der Waals surface area (Å²) < 4.78 is 10.9. The molecule has 0 aromatic heterocycles. The van der Waals surface area contributed by atoms with Gasteiger partial charge in [-0.3, -0.25) is 0 Å². The minimum absolute atomic E-state index is 0.0591. The standard InChI is InChI=1S/C28H33NO2/c1-18-21-14-12-19(30-7)16-23(21)27(2,3)22(18)10-9-11-26-28(4,5)24-17-20(31-8)13-15-25(24)29(26)6/h9-17H,1-8H3/b10-9+,26-11-. The first-order valence-corrected chi connectivity index (χ1v) is 10.8. The van der Waals surface area contributed by atoms with Crippen LogP contribution in [0.25, 0.3) is 5.57 Å². The summed E-state index contributed by atoms with van der Waals surface area (Å²) in [6, 6.07) is 12.8. The normalized spacial score (nSPS) is 19.9. The Morgan fingerprint density at radius 3 is 2.10 bits per heavy atom. The lowest BCUT2D eigenvalue weighted by Gasteiger charge is -2.24. The number of rotatable bonds is 4. The van der Waals surface area contributed by atoms with E-state index in [0.29, 0.717) is 0 Å². The maximum atomic E-state index is 5.47. The summed E-state index contributed by atoms with van der Waals surface area (Å²) in [4.78, 5) is 2.29. The number of anilines is 1. The van der Waals surface area contributed by atoms with Crippen molar-refractivity contribution in [1.29, 1.82) is 0 Å². The van der Waals surface area contributed by atoms with Gasteiger partial charge in [-0.25, -0.2) is 0 Å². The number of hydrogen-bond donors (Lipinski definition) is 0. The van der Waals surface area contributed by atoms with E-state index in [0.717, 1.165) is 11.5 Å². The molecule has 0 amide bonds. The Labute approximate surface area is 186 Å². The third-order valence-electron chi connectivity index (χ3n) is 7.14. The molecule has 0 unspecified atom stereocenters. The van der Waals surface area contributed by atoms with Crippen LogP contribution in [-0.2, 0) is 10.8 Å². The van der Waals surface area contributed by atoms with Crippen LogP contribution >= 0.6 is 0 Å². The second kappa shape index (κ2) is 7.33. The molecule has 2 aromatic carbocycles. The number of likely N-dealkylation sites (N-methyl/N-ethyl adjacent to an activating group) is 1. The maximum absolute atomic E-state index is 5.47. The lowest BCUT2D eigenvalue weighted by atomic mass is 9.80. The maximum Gasteiger partial charge on any atom is 0.119 e. The smallest absolute Gasteiger partial charge is 0.119 e. The van der Waals surface area contributed by atoms with Gasteiger partial charge in [0.2, 0.25) is 0 Å². The van der Waals surface area contributed by atoms with Crippen molar-refractivity contribution >= 4 is 11.3 Å². The van der Waals surface area contributed by atoms with Gasteiger partial charge in [0.05, 0.1) is 14.2 Å². The molecule has 1 heterocycles. The van der Waals surface area contributed by atoms with E-state index in [4.69, 9.17) is 9.47 Å². The van der Waals surface area contributed by atoms with Crippen LogP contribution in [0.2, 0.25) is 0 Å². The van der Waals surface area contributed by atoms with Crippen molar-refractivity contribution in [3.05, 3.63) is 82.6 Å². The zero-order valence-electron chi connectivity index (χ0n) is 20.0. The minimum atomic E-state index is -0.0894. The fraction of sp³-hybridized carbons (Fsp3) is 0.357. The van der Waals surface area contributed by atoms with Gasteiger partial charge in [-0.1, -0.05) is 45.9 Å². The topological polar surface area (TPSA) is 21.7 Å². The second-order valence-electron chi connectivity index (χ2n) is 9.55. The Morgan fingerprint density at radius 2 is 1.45 bits per heavy atom. The molecule has 0 N–H and O–H groups in total. The van der Waals surface area contributed by atoms with Gasteiger partial charge in [-0.15, -0.1) is 0 Å². The van der Waals surface area contributed by atoms with Gasteiger partial charge in [-0.2, -0.15) is 0 Å². The van der Waals surface area contributed by atoms with Gasteiger partial charge < -0.3 is 14.4 Å². The lowest BCUT2D eigenvalue weighted by molar-refractivity contribution is 0.413. The fourth-order valence-electron chi connectivity index (χ4n) is 5.26. The Morgan fingerprint density at radius 1 is 0.839 bits per heavy atom. The van der Waals surface area contributed by atoms with E-state index < -0.39 is 0 Å². The molecule has 2 aliphatic rings. The predicted molar refractivity (Wildman–Crippen MR) is 130 cm³/mol. The van der Waals surface area contributed by atoms with Crippen molar-refractivity contribution in [3.8, 4) is 11.5 Å². The highest BCUT2D eigenvalue weighted by Crippen LogP contribution is 2.49. The first-order chi connectivity index (χ1) is 14.6. The third kappa shape index (κ3) is 3.18. The highest BCUT2D eigenvalue weighted by molar-refractivity contribution is 5.81. The molecule has 4 rings (SSSR count). The van der Waals surface area contributed by atoms with Crippen LogP contribution in [0.1, 0.15) is 51.3 Å². The van der Waals surface area contributed by atoms with Gasteiger partial charge in [-0.05, 0) is 71.2 Å². The molecule has 0 spiro atoms. The number of hydrogen-bond acceptors (Lipinski definition) is 3. The largest absolute Gasteiger partial charge is 0.497 e. The lowest BCUT2D eigenvalue weighted by Crippen LogP contribution is -2.22. The van der Waals surface area contributed by atoms with Gasteiger partial charge in [0.25, 0.3) is 0 Å². The second-order valence-corrected chi connectivity index (χ2v) is 9.55. The predicted octanol–water partition coefficient (Wildman–Crippen LogP) is 6.64. The molecular weight excluding hydrogens is 382 g/mol. The number of fused-ring (bicyclic) bond motifs is 2. The number of benzene rings is 2. The number of allylic oxidation sites excluding steroid dienone is 6. The van der Waals surface area contributed by atoms with E-state index in [2.05, 4.69) is 95.1 Å². The molecule has 0 fully saturated rings. The van der Waals surface area contributed by atoms with Crippen molar-refractivity contribution in [2.75, 3.05) is 26.2 Å². The van der Waals surface area contributed by atoms with Gasteiger partial charge in [0.15, 0.2) is 0 Å². The molecule has 1 aliphatic heterocycles. The van der Waals surface area contributed by atoms with Crippen LogP contribution < -0.4 is 14.4 Å². The fourth-order valence-corrected chi connectivity index (χ4v) is 5.26. The molecule has 31 heavy (non-hydrogen) atoms. The Kier molecular flexibility index (Phi) is 5.04. The molecule has 2 aromatic rings. The molecule has 3 heteroatoms. The zero-order valence-corrected chi connectivity index (χ0v) is 20.0. The monoisotopic (exact) mass is 415 g/mol. The molecular formula is C28H33NO2. The number of ether oxygens (including phenoxy) is 2. The van der Waals surface area contributed by atoms with E-state index in [9.17, 15) is 0 Å². The molecule has 0 radical (unpaired) electrons. The average Bonchev–Trinajstić information content (AvgIpc) is 3.06.